The number of nitrogens with two attached hydrogens (primary N) is 1. The van der Waals surface area contributed by atoms with Crippen LogP contribution in [0.1, 0.15) is 12.0 Å². The predicted octanol–water partition coefficient (Wildman–Crippen LogP) is 1.26. The lowest BCUT2D eigenvalue weighted by molar-refractivity contribution is -0.121. The standard InChI is InChI=1S/C17H24N4O2S/c18-16(22)14-5-6-21(12-14)17(23)19-11-13-1-3-15(4-2-13)20-7-9-24-10-8-20/h1-4,14H,5-12H2,(H2,18,22)(H,19,23). The second kappa shape index (κ2) is 7.79. The van der Waals surface area contributed by atoms with Gasteiger partial charge in [-0.25, -0.2) is 4.79 Å². The number of nitrogens with zero attached hydrogens (tertiary/aromatic N) is 2. The summed E-state index contributed by atoms with van der Waals surface area (Å²) in [5.74, 6) is 1.83. The third-order valence-corrected chi connectivity index (χ3v) is 5.58. The third-order valence-electron chi connectivity index (χ3n) is 4.63. The minimum Gasteiger partial charge on any atom is -0.370 e. The zero-order chi connectivity index (χ0) is 16.9. The number of hydrogen-bond donors (Lipinski definition) is 2. The van der Waals surface area contributed by atoms with E-state index in [2.05, 4.69) is 34.5 Å². The van der Waals surface area contributed by atoms with Gasteiger partial charge < -0.3 is 20.9 Å². The van der Waals surface area contributed by atoms with Gasteiger partial charge in [0.2, 0.25) is 5.91 Å². The fourth-order valence-electron chi connectivity index (χ4n) is 3.11. The predicted molar refractivity (Wildman–Crippen MR) is 97.1 cm³/mol. The van der Waals surface area contributed by atoms with E-state index in [1.165, 1.54) is 17.2 Å². The van der Waals surface area contributed by atoms with Crippen molar-refractivity contribution in [2.75, 3.05) is 42.6 Å². The van der Waals surface area contributed by atoms with E-state index in [9.17, 15) is 9.59 Å². The van der Waals surface area contributed by atoms with Gasteiger partial charge in [-0.05, 0) is 24.1 Å². The number of anilines is 1. The largest absolute Gasteiger partial charge is 0.370 e. The fraction of sp³-hybridized carbons (Fsp3) is 0.529. The van der Waals surface area contributed by atoms with Crippen LogP contribution in [0.25, 0.3) is 0 Å². The molecule has 2 aliphatic rings. The number of carbonyl (C=O) groups is 2. The van der Waals surface area contributed by atoms with E-state index in [0.717, 1.165) is 18.7 Å². The normalized spacial score (nSPS) is 20.9. The van der Waals surface area contributed by atoms with Crippen LogP contribution in [0, 0.1) is 5.92 Å². The zero-order valence-corrected chi connectivity index (χ0v) is 14.6. The Morgan fingerprint density at radius 1 is 1.17 bits per heavy atom. The van der Waals surface area contributed by atoms with Gasteiger partial charge in [0.15, 0.2) is 0 Å². The van der Waals surface area contributed by atoms with E-state index in [1.54, 1.807) is 4.90 Å². The van der Waals surface area contributed by atoms with Gasteiger partial charge in [0, 0.05) is 49.9 Å². The first-order chi connectivity index (χ1) is 11.6. The lowest BCUT2D eigenvalue weighted by atomic mass is 10.1. The van der Waals surface area contributed by atoms with E-state index in [0.29, 0.717) is 26.1 Å². The Kier molecular flexibility index (Phi) is 5.50. The van der Waals surface area contributed by atoms with Crippen LogP contribution in [0.15, 0.2) is 24.3 Å². The Hall–Kier alpha value is -1.89. The molecule has 1 unspecified atom stereocenters. The molecule has 2 fully saturated rings. The summed E-state index contributed by atoms with van der Waals surface area (Å²) < 4.78 is 0. The number of amides is 3. The van der Waals surface area contributed by atoms with Gasteiger partial charge in [-0.1, -0.05) is 12.1 Å². The maximum Gasteiger partial charge on any atom is 0.317 e. The molecule has 0 bridgehead atoms. The molecule has 130 valence electrons. The first kappa shape index (κ1) is 17.0. The number of primary amides is 1. The summed E-state index contributed by atoms with van der Waals surface area (Å²) in [5, 5.41) is 2.92. The van der Waals surface area contributed by atoms with Crippen molar-refractivity contribution in [3.05, 3.63) is 29.8 Å². The molecule has 3 rings (SSSR count). The molecule has 1 aromatic rings. The lowest BCUT2D eigenvalue weighted by Crippen LogP contribution is -2.39. The van der Waals surface area contributed by atoms with E-state index in [4.69, 9.17) is 5.73 Å². The van der Waals surface area contributed by atoms with Crippen LogP contribution in [-0.4, -0.2) is 54.5 Å². The molecule has 3 amide bonds. The van der Waals surface area contributed by atoms with E-state index in [-0.39, 0.29) is 17.9 Å². The molecule has 2 aliphatic heterocycles. The maximum atomic E-state index is 12.2. The minimum atomic E-state index is -0.322. The van der Waals surface area contributed by atoms with Gasteiger partial charge in [0.25, 0.3) is 0 Å². The Bertz CT molecular complexity index is 587. The summed E-state index contributed by atoms with van der Waals surface area (Å²) in [4.78, 5) is 27.4. The van der Waals surface area contributed by atoms with Crippen molar-refractivity contribution in [2.24, 2.45) is 11.7 Å². The van der Waals surface area contributed by atoms with Gasteiger partial charge in [-0.15, -0.1) is 0 Å². The Morgan fingerprint density at radius 2 is 1.88 bits per heavy atom. The molecule has 0 aromatic heterocycles. The maximum absolute atomic E-state index is 12.2. The van der Waals surface area contributed by atoms with Crippen molar-refractivity contribution in [1.82, 2.24) is 10.2 Å². The number of hydrogen-bond acceptors (Lipinski definition) is 4. The molecule has 6 nitrogen and oxygen atoms in total. The van der Waals surface area contributed by atoms with Crippen molar-refractivity contribution >= 4 is 29.4 Å². The quantitative estimate of drug-likeness (QED) is 0.859. The Morgan fingerprint density at radius 3 is 2.50 bits per heavy atom. The number of nitrogens with one attached hydrogen (secondary N) is 1. The summed E-state index contributed by atoms with van der Waals surface area (Å²) in [7, 11) is 0. The fourth-order valence-corrected chi connectivity index (χ4v) is 4.02. The number of rotatable bonds is 4. The molecule has 0 radical (unpaired) electrons. The van der Waals surface area contributed by atoms with Crippen molar-refractivity contribution in [1.29, 1.82) is 0 Å². The van der Waals surface area contributed by atoms with Gasteiger partial charge >= 0.3 is 6.03 Å². The van der Waals surface area contributed by atoms with Crippen molar-refractivity contribution < 1.29 is 9.59 Å². The van der Waals surface area contributed by atoms with E-state index in [1.807, 2.05) is 11.8 Å². The van der Waals surface area contributed by atoms with Crippen LogP contribution < -0.4 is 16.0 Å². The molecule has 0 aliphatic carbocycles. The van der Waals surface area contributed by atoms with E-state index >= 15 is 0 Å². The number of likely N-dealkylation sites (tertiary alicyclic amines) is 1. The molecule has 24 heavy (non-hydrogen) atoms. The molecule has 0 saturated carbocycles. The van der Waals surface area contributed by atoms with Gasteiger partial charge in [-0.3, -0.25) is 4.79 Å². The summed E-state index contributed by atoms with van der Waals surface area (Å²) in [5.41, 5.74) is 7.62. The first-order valence-electron chi connectivity index (χ1n) is 8.37. The Balaban J connectivity index is 1.48. The molecule has 1 aromatic carbocycles. The monoisotopic (exact) mass is 348 g/mol. The smallest absolute Gasteiger partial charge is 0.317 e. The van der Waals surface area contributed by atoms with E-state index < -0.39 is 0 Å². The van der Waals surface area contributed by atoms with Crippen LogP contribution >= 0.6 is 11.8 Å². The van der Waals surface area contributed by atoms with Crippen LogP contribution in [-0.2, 0) is 11.3 Å². The topological polar surface area (TPSA) is 78.7 Å². The minimum absolute atomic E-state index is 0.129. The number of thioether (sulfide) groups is 1. The van der Waals surface area contributed by atoms with Gasteiger partial charge in [-0.2, -0.15) is 11.8 Å². The Labute approximate surface area is 146 Å². The molecular weight excluding hydrogens is 324 g/mol. The first-order valence-corrected chi connectivity index (χ1v) is 9.52. The summed E-state index contributed by atoms with van der Waals surface area (Å²) >= 11 is 2.00. The SMILES string of the molecule is NC(=O)C1CCN(C(=O)NCc2ccc(N3CCSCC3)cc2)C1. The number of urea groups is 1. The molecule has 3 N–H and O–H groups in total. The highest BCUT2D eigenvalue weighted by Gasteiger charge is 2.29. The average molecular weight is 348 g/mol. The highest BCUT2D eigenvalue weighted by Crippen LogP contribution is 2.20. The summed E-state index contributed by atoms with van der Waals surface area (Å²) in [6, 6.07) is 8.24. The van der Waals surface area contributed by atoms with Crippen LogP contribution in [0.2, 0.25) is 0 Å². The highest BCUT2D eigenvalue weighted by atomic mass is 32.2. The zero-order valence-electron chi connectivity index (χ0n) is 13.7. The molecule has 1 atom stereocenters. The second-order valence-corrected chi connectivity index (χ2v) is 7.48. The highest BCUT2D eigenvalue weighted by molar-refractivity contribution is 7.99. The molecule has 7 heteroatoms. The van der Waals surface area contributed by atoms with Gasteiger partial charge in [0.05, 0.1) is 5.92 Å². The van der Waals surface area contributed by atoms with Crippen molar-refractivity contribution in [3.8, 4) is 0 Å². The van der Waals surface area contributed by atoms with Gasteiger partial charge in [0.1, 0.15) is 0 Å². The lowest BCUT2D eigenvalue weighted by Gasteiger charge is -2.28. The second-order valence-electron chi connectivity index (χ2n) is 6.26. The van der Waals surface area contributed by atoms with Crippen LogP contribution in [0.3, 0.4) is 0 Å². The molecule has 2 heterocycles. The van der Waals surface area contributed by atoms with Crippen molar-refractivity contribution in [3.63, 3.8) is 0 Å². The third kappa shape index (κ3) is 4.14. The van der Waals surface area contributed by atoms with Crippen LogP contribution in [0.4, 0.5) is 10.5 Å². The van der Waals surface area contributed by atoms with Crippen molar-refractivity contribution in [2.45, 2.75) is 13.0 Å². The summed E-state index contributed by atoms with van der Waals surface area (Å²) in [6.07, 6.45) is 0.658. The average Bonchev–Trinajstić information content (AvgIpc) is 3.11. The summed E-state index contributed by atoms with van der Waals surface area (Å²) in [6.45, 7) is 3.69. The number of carbonyl (C=O) groups excluding carboxylic acids is 2. The molecular formula is C17H24N4O2S. The van der Waals surface area contributed by atoms with Crippen LogP contribution in [0.5, 0.6) is 0 Å². The molecule has 0 spiro atoms. The molecule has 2 saturated heterocycles. The number of benzene rings is 1.